The normalized spacial score (nSPS) is 15.5. The van der Waals surface area contributed by atoms with Gasteiger partial charge < -0.3 is 37.8 Å². The molecule has 0 aromatic rings. The van der Waals surface area contributed by atoms with Crippen molar-refractivity contribution in [2.24, 2.45) is 23.3 Å². The smallest absolute Gasteiger partial charge is 0.325 e. The molecule has 0 fully saturated rings. The third-order valence-electron chi connectivity index (χ3n) is 5.37. The van der Waals surface area contributed by atoms with Gasteiger partial charge in [0, 0.05) is 0 Å². The van der Waals surface area contributed by atoms with Crippen LogP contribution in [0.5, 0.6) is 0 Å². The van der Waals surface area contributed by atoms with Gasteiger partial charge in [-0.3, -0.25) is 24.0 Å². The minimum atomic E-state index is -1.21. The van der Waals surface area contributed by atoms with E-state index in [1.165, 1.54) is 13.8 Å². The highest BCUT2D eigenvalue weighted by Crippen LogP contribution is 2.07. The van der Waals surface area contributed by atoms with Gasteiger partial charge in [0.05, 0.1) is 6.04 Å². The molecule has 12 nitrogen and oxygen atoms in total. The predicted molar refractivity (Wildman–Crippen MR) is 132 cm³/mol. The first-order valence-electron chi connectivity index (χ1n) is 12.1. The van der Waals surface area contributed by atoms with E-state index in [-0.39, 0.29) is 18.3 Å². The van der Waals surface area contributed by atoms with E-state index in [2.05, 4.69) is 21.3 Å². The van der Waals surface area contributed by atoms with Crippen molar-refractivity contribution in [2.45, 2.75) is 97.4 Å². The lowest BCUT2D eigenvalue weighted by Crippen LogP contribution is -2.58. The highest BCUT2D eigenvalue weighted by Gasteiger charge is 2.30. The maximum absolute atomic E-state index is 12.8. The fraction of sp³-hybridized carbons (Fsp3) is 0.783. The van der Waals surface area contributed by atoms with Gasteiger partial charge in [-0.25, -0.2) is 0 Å². The van der Waals surface area contributed by atoms with Crippen molar-refractivity contribution in [3.63, 3.8) is 0 Å². The number of aliphatic carboxylic acids is 1. The van der Waals surface area contributed by atoms with E-state index < -0.39 is 59.8 Å². The van der Waals surface area contributed by atoms with Gasteiger partial charge in [-0.05, 0) is 57.9 Å². The molecule has 202 valence electrons. The van der Waals surface area contributed by atoms with Gasteiger partial charge in [0.1, 0.15) is 24.2 Å². The number of rotatable bonds is 16. The second kappa shape index (κ2) is 16.0. The van der Waals surface area contributed by atoms with Crippen molar-refractivity contribution in [3.8, 4) is 0 Å². The van der Waals surface area contributed by atoms with E-state index in [9.17, 15) is 24.0 Å². The third-order valence-corrected chi connectivity index (χ3v) is 5.37. The van der Waals surface area contributed by atoms with E-state index in [4.69, 9.17) is 16.6 Å². The molecule has 0 saturated carbocycles. The maximum Gasteiger partial charge on any atom is 0.325 e. The van der Waals surface area contributed by atoms with Crippen molar-refractivity contribution in [1.82, 2.24) is 21.3 Å². The Kier molecular flexibility index (Phi) is 14.8. The number of nitrogens with one attached hydrogen (secondary N) is 4. The minimum absolute atomic E-state index is 0.208. The van der Waals surface area contributed by atoms with Crippen molar-refractivity contribution in [2.75, 3.05) is 6.54 Å². The monoisotopic (exact) mass is 500 g/mol. The number of hydrogen-bond donors (Lipinski definition) is 7. The molecule has 0 radical (unpaired) electrons. The van der Waals surface area contributed by atoms with Crippen LogP contribution in [0.3, 0.4) is 0 Å². The zero-order chi connectivity index (χ0) is 27.3. The van der Waals surface area contributed by atoms with Gasteiger partial charge in [0.25, 0.3) is 0 Å². The Balaban J connectivity index is 5.22. The zero-order valence-corrected chi connectivity index (χ0v) is 21.7. The van der Waals surface area contributed by atoms with Crippen molar-refractivity contribution >= 4 is 29.6 Å². The van der Waals surface area contributed by atoms with Crippen LogP contribution < -0.4 is 32.7 Å². The minimum Gasteiger partial charge on any atom is -0.480 e. The van der Waals surface area contributed by atoms with E-state index >= 15 is 0 Å². The number of nitrogens with two attached hydrogens (primary N) is 2. The number of unbranched alkanes of at least 4 members (excludes halogenated alkanes) is 1. The van der Waals surface area contributed by atoms with Crippen molar-refractivity contribution < 1.29 is 29.1 Å². The first-order chi connectivity index (χ1) is 16.2. The topological polar surface area (TPSA) is 206 Å². The molecule has 12 heteroatoms. The summed E-state index contributed by atoms with van der Waals surface area (Å²) in [4.78, 5) is 61.5. The number of carbonyl (C=O) groups is 5. The summed E-state index contributed by atoms with van der Waals surface area (Å²) in [5.74, 6) is -3.55. The fourth-order valence-electron chi connectivity index (χ4n) is 3.21. The van der Waals surface area contributed by atoms with Gasteiger partial charge in [-0.2, -0.15) is 0 Å². The molecule has 35 heavy (non-hydrogen) atoms. The molecule has 0 spiro atoms. The van der Waals surface area contributed by atoms with Crippen LogP contribution in [0.2, 0.25) is 0 Å². The average Bonchev–Trinajstić information content (AvgIpc) is 2.75. The van der Waals surface area contributed by atoms with Crippen LogP contribution in [0.4, 0.5) is 0 Å². The molecular weight excluding hydrogens is 456 g/mol. The molecule has 0 aliphatic rings. The molecule has 0 heterocycles. The highest BCUT2D eigenvalue weighted by molar-refractivity contribution is 5.95. The van der Waals surface area contributed by atoms with Crippen LogP contribution in [0.15, 0.2) is 0 Å². The molecule has 0 unspecified atom stereocenters. The van der Waals surface area contributed by atoms with Gasteiger partial charge in [-0.15, -0.1) is 0 Å². The predicted octanol–water partition coefficient (Wildman–Crippen LogP) is -0.792. The van der Waals surface area contributed by atoms with Crippen LogP contribution in [-0.2, 0) is 24.0 Å². The second-order valence-corrected chi connectivity index (χ2v) is 9.61. The van der Waals surface area contributed by atoms with Crippen LogP contribution in [-0.4, -0.2) is 71.5 Å². The molecule has 0 rings (SSSR count). The first kappa shape index (κ1) is 32.3. The van der Waals surface area contributed by atoms with E-state index in [0.29, 0.717) is 25.8 Å². The Hall–Kier alpha value is -2.73. The molecule has 0 aromatic carbocycles. The van der Waals surface area contributed by atoms with Crippen molar-refractivity contribution in [3.05, 3.63) is 0 Å². The van der Waals surface area contributed by atoms with Gasteiger partial charge in [0.2, 0.25) is 23.6 Å². The Labute approximate surface area is 207 Å². The Morgan fingerprint density at radius 3 is 1.80 bits per heavy atom. The summed E-state index contributed by atoms with van der Waals surface area (Å²) < 4.78 is 0. The molecule has 4 amide bonds. The summed E-state index contributed by atoms with van der Waals surface area (Å²) in [6.45, 7) is 10.6. The number of carboxylic acids is 1. The molecular formula is C23H44N6O6. The number of carboxylic acid groups (broad SMARTS) is 1. The van der Waals surface area contributed by atoms with Crippen LogP contribution >= 0.6 is 0 Å². The second-order valence-electron chi connectivity index (χ2n) is 9.61. The summed E-state index contributed by atoms with van der Waals surface area (Å²) >= 11 is 0. The van der Waals surface area contributed by atoms with E-state index in [0.717, 1.165) is 0 Å². The van der Waals surface area contributed by atoms with Crippen LogP contribution in [0, 0.1) is 11.8 Å². The average molecular weight is 501 g/mol. The SMILES string of the molecule is CC(C)C[C@H](N)C(=O)N[C@H](C(=O)N[C@@H](C)C(=O)N[C@@H](CCCCN)C(=O)N[C@@H](C)C(=O)O)C(C)C. The fourth-order valence-corrected chi connectivity index (χ4v) is 3.21. The Bertz CT molecular complexity index is 729. The van der Waals surface area contributed by atoms with Gasteiger partial charge in [-0.1, -0.05) is 27.7 Å². The van der Waals surface area contributed by atoms with Crippen LogP contribution in [0.1, 0.15) is 67.2 Å². The Morgan fingerprint density at radius 2 is 1.31 bits per heavy atom. The molecule has 9 N–H and O–H groups in total. The number of hydrogen-bond acceptors (Lipinski definition) is 7. The largest absolute Gasteiger partial charge is 0.480 e. The molecule has 0 aliphatic carbocycles. The highest BCUT2D eigenvalue weighted by atomic mass is 16.4. The summed E-state index contributed by atoms with van der Waals surface area (Å²) in [7, 11) is 0. The zero-order valence-electron chi connectivity index (χ0n) is 21.7. The lowest BCUT2D eigenvalue weighted by Gasteiger charge is -2.26. The molecule has 5 atom stereocenters. The third kappa shape index (κ3) is 12.5. The number of amides is 4. The summed E-state index contributed by atoms with van der Waals surface area (Å²) in [5, 5.41) is 19.2. The molecule has 0 bridgehead atoms. The lowest BCUT2D eigenvalue weighted by atomic mass is 10.00. The van der Waals surface area contributed by atoms with Crippen LogP contribution in [0.25, 0.3) is 0 Å². The standard InChI is InChI=1S/C23H44N6O6/c1-12(2)11-16(25)20(31)29-18(13(3)4)22(33)26-14(5)19(30)28-17(9-7-8-10-24)21(32)27-15(6)23(34)35/h12-18H,7-11,24-25H2,1-6H3,(H,26,33)(H,27,32)(H,28,30)(H,29,31)(H,34,35)/t14-,15-,16-,17-,18-/m0/s1. The lowest BCUT2D eigenvalue weighted by molar-refractivity contribution is -0.141. The quantitative estimate of drug-likeness (QED) is 0.133. The summed E-state index contributed by atoms with van der Waals surface area (Å²) in [6.07, 6.45) is 1.87. The van der Waals surface area contributed by atoms with E-state index in [1.807, 2.05) is 13.8 Å². The number of carbonyl (C=O) groups excluding carboxylic acids is 4. The van der Waals surface area contributed by atoms with Crippen molar-refractivity contribution in [1.29, 1.82) is 0 Å². The molecule has 0 aliphatic heterocycles. The first-order valence-corrected chi connectivity index (χ1v) is 12.1. The Morgan fingerprint density at radius 1 is 0.743 bits per heavy atom. The van der Waals surface area contributed by atoms with E-state index in [1.54, 1.807) is 13.8 Å². The summed E-state index contributed by atoms with van der Waals surface area (Å²) in [5.41, 5.74) is 11.4. The molecule has 0 saturated heterocycles. The van der Waals surface area contributed by atoms with Gasteiger partial charge in [0.15, 0.2) is 0 Å². The van der Waals surface area contributed by atoms with Gasteiger partial charge >= 0.3 is 5.97 Å². The maximum atomic E-state index is 12.8. The summed E-state index contributed by atoms with van der Waals surface area (Å²) in [6, 6.07) is -4.82. The molecule has 0 aromatic heterocycles.